The Kier molecular flexibility index (Phi) is 3.06. The minimum Gasteiger partial charge on any atom is -0.508 e. The van der Waals surface area contributed by atoms with Crippen molar-refractivity contribution < 1.29 is 24.1 Å². The SMILES string of the molecule is O=C1C=C2CO[C@H](OCc3cccc(O)c3)C=C2O1. The summed E-state index contributed by atoms with van der Waals surface area (Å²) in [6, 6.07) is 6.80. The van der Waals surface area contributed by atoms with Crippen molar-refractivity contribution in [3.63, 3.8) is 0 Å². The summed E-state index contributed by atoms with van der Waals surface area (Å²) < 4.78 is 16.0. The predicted octanol–water partition coefficient (Wildman–Crippen LogP) is 1.63. The molecule has 0 unspecified atom stereocenters. The minimum atomic E-state index is -0.555. The Morgan fingerprint density at radius 3 is 3.16 bits per heavy atom. The van der Waals surface area contributed by atoms with Crippen LogP contribution in [0, 0.1) is 0 Å². The molecule has 0 fully saturated rings. The minimum absolute atomic E-state index is 0.193. The van der Waals surface area contributed by atoms with Gasteiger partial charge in [0.2, 0.25) is 0 Å². The largest absolute Gasteiger partial charge is 0.508 e. The highest BCUT2D eigenvalue weighted by Gasteiger charge is 2.26. The standard InChI is InChI=1S/C14H12O5/c15-11-3-1-2-9(4-11)7-17-14-6-12-10(8-18-14)5-13(16)19-12/h1-6,14-15H,7-8H2/t14-/m0/s1. The van der Waals surface area contributed by atoms with Crippen molar-refractivity contribution in [3.05, 3.63) is 53.3 Å². The molecule has 98 valence electrons. The van der Waals surface area contributed by atoms with Crippen molar-refractivity contribution in [3.8, 4) is 5.75 Å². The Hall–Kier alpha value is -2.11. The zero-order valence-corrected chi connectivity index (χ0v) is 10.0. The van der Waals surface area contributed by atoms with Crippen molar-refractivity contribution in [2.45, 2.75) is 12.9 Å². The molecule has 1 N–H and O–H groups in total. The molecule has 5 nitrogen and oxygen atoms in total. The second-order valence-electron chi connectivity index (χ2n) is 4.28. The Labute approximate surface area is 109 Å². The second kappa shape index (κ2) is 4.87. The fourth-order valence-electron chi connectivity index (χ4n) is 1.94. The molecule has 2 aliphatic rings. The maximum atomic E-state index is 11.1. The van der Waals surface area contributed by atoms with E-state index in [0.717, 1.165) is 11.1 Å². The zero-order valence-electron chi connectivity index (χ0n) is 10.0. The van der Waals surface area contributed by atoms with Crippen LogP contribution >= 0.6 is 0 Å². The maximum Gasteiger partial charge on any atom is 0.336 e. The molecule has 0 aromatic heterocycles. The van der Waals surface area contributed by atoms with Gasteiger partial charge in [-0.05, 0) is 17.7 Å². The molecule has 0 spiro atoms. The van der Waals surface area contributed by atoms with E-state index in [-0.39, 0.29) is 11.7 Å². The summed E-state index contributed by atoms with van der Waals surface area (Å²) in [6.07, 6.45) is 2.49. The van der Waals surface area contributed by atoms with E-state index < -0.39 is 6.29 Å². The smallest absolute Gasteiger partial charge is 0.336 e. The Morgan fingerprint density at radius 2 is 2.32 bits per heavy atom. The lowest BCUT2D eigenvalue weighted by molar-refractivity contribution is -0.134. The van der Waals surface area contributed by atoms with Gasteiger partial charge >= 0.3 is 5.97 Å². The van der Waals surface area contributed by atoms with Crippen molar-refractivity contribution in [1.29, 1.82) is 0 Å². The fourth-order valence-corrected chi connectivity index (χ4v) is 1.94. The van der Waals surface area contributed by atoms with Crippen LogP contribution in [0.15, 0.2) is 47.7 Å². The number of aromatic hydroxyl groups is 1. The molecule has 1 aromatic carbocycles. The van der Waals surface area contributed by atoms with Gasteiger partial charge < -0.3 is 19.3 Å². The van der Waals surface area contributed by atoms with Crippen LogP contribution < -0.4 is 0 Å². The van der Waals surface area contributed by atoms with Crippen molar-refractivity contribution in [2.24, 2.45) is 0 Å². The van der Waals surface area contributed by atoms with Crippen molar-refractivity contribution in [1.82, 2.24) is 0 Å². The fraction of sp³-hybridized carbons (Fsp3) is 0.214. The summed E-state index contributed by atoms with van der Waals surface area (Å²) in [5.41, 5.74) is 1.58. The van der Waals surface area contributed by atoms with Gasteiger partial charge in [0, 0.05) is 17.7 Å². The Bertz CT molecular complexity index is 573. The van der Waals surface area contributed by atoms with Gasteiger partial charge in [0.25, 0.3) is 0 Å². The Morgan fingerprint density at radius 1 is 1.42 bits per heavy atom. The highest BCUT2D eigenvalue weighted by molar-refractivity contribution is 5.88. The molecule has 1 atom stereocenters. The highest BCUT2D eigenvalue weighted by atomic mass is 16.7. The van der Waals surface area contributed by atoms with Gasteiger partial charge in [0.1, 0.15) is 11.5 Å². The van der Waals surface area contributed by atoms with E-state index in [1.54, 1.807) is 24.3 Å². The van der Waals surface area contributed by atoms with Crippen LogP contribution in [0.5, 0.6) is 5.75 Å². The third-order valence-electron chi connectivity index (χ3n) is 2.83. The molecule has 0 aliphatic carbocycles. The van der Waals surface area contributed by atoms with Crippen LogP contribution in [-0.2, 0) is 25.6 Å². The number of rotatable bonds is 3. The molecular weight excluding hydrogens is 248 g/mol. The first-order valence-electron chi connectivity index (χ1n) is 5.86. The average Bonchev–Trinajstić information content (AvgIpc) is 2.75. The summed E-state index contributed by atoms with van der Waals surface area (Å²) in [5, 5.41) is 9.34. The number of hydrogen-bond acceptors (Lipinski definition) is 5. The molecular formula is C14H12O5. The second-order valence-corrected chi connectivity index (χ2v) is 4.28. The van der Waals surface area contributed by atoms with Gasteiger partial charge in [-0.3, -0.25) is 0 Å². The first-order chi connectivity index (χ1) is 9.20. The number of hydrogen-bond donors (Lipinski definition) is 1. The molecule has 0 bridgehead atoms. The van der Waals surface area contributed by atoms with E-state index in [1.165, 1.54) is 6.08 Å². The van der Waals surface area contributed by atoms with Crippen LogP contribution in [0.25, 0.3) is 0 Å². The zero-order chi connectivity index (χ0) is 13.2. The predicted molar refractivity (Wildman–Crippen MR) is 64.9 cm³/mol. The van der Waals surface area contributed by atoms with Gasteiger partial charge in [0.15, 0.2) is 6.29 Å². The van der Waals surface area contributed by atoms with Crippen LogP contribution in [0.4, 0.5) is 0 Å². The van der Waals surface area contributed by atoms with E-state index in [9.17, 15) is 9.90 Å². The number of phenols is 1. The van der Waals surface area contributed by atoms with E-state index >= 15 is 0 Å². The summed E-state index contributed by atoms with van der Waals surface area (Å²) >= 11 is 0. The van der Waals surface area contributed by atoms with Crippen molar-refractivity contribution >= 4 is 5.97 Å². The van der Waals surface area contributed by atoms with Crippen LogP contribution in [0.3, 0.4) is 0 Å². The lowest BCUT2D eigenvalue weighted by atomic mass is 10.2. The van der Waals surface area contributed by atoms with Crippen molar-refractivity contribution in [2.75, 3.05) is 6.61 Å². The van der Waals surface area contributed by atoms with Gasteiger partial charge in [0.05, 0.1) is 13.2 Å². The number of phenolic OH excluding ortho intramolecular Hbond substituents is 1. The quantitative estimate of drug-likeness (QED) is 0.837. The number of ether oxygens (including phenoxy) is 3. The summed E-state index contributed by atoms with van der Waals surface area (Å²) in [5.74, 6) is 0.328. The molecule has 1 aromatic rings. The average molecular weight is 260 g/mol. The van der Waals surface area contributed by atoms with E-state index in [4.69, 9.17) is 14.2 Å². The van der Waals surface area contributed by atoms with Gasteiger partial charge in [-0.15, -0.1) is 0 Å². The molecule has 2 heterocycles. The van der Waals surface area contributed by atoms with Crippen LogP contribution in [-0.4, -0.2) is 24.0 Å². The van der Waals surface area contributed by atoms with Gasteiger partial charge in [-0.2, -0.15) is 0 Å². The number of fused-ring (bicyclic) bond motifs is 1. The molecule has 0 saturated heterocycles. The first-order valence-corrected chi connectivity index (χ1v) is 5.86. The molecule has 2 aliphatic heterocycles. The molecule has 3 rings (SSSR count). The molecule has 19 heavy (non-hydrogen) atoms. The van der Waals surface area contributed by atoms with E-state index in [2.05, 4.69) is 0 Å². The number of carbonyl (C=O) groups is 1. The summed E-state index contributed by atoms with van der Waals surface area (Å²) in [7, 11) is 0. The maximum absolute atomic E-state index is 11.1. The third kappa shape index (κ3) is 2.67. The monoisotopic (exact) mass is 260 g/mol. The molecule has 5 heteroatoms. The van der Waals surface area contributed by atoms with E-state index in [1.807, 2.05) is 6.07 Å². The molecule has 0 radical (unpaired) electrons. The lowest BCUT2D eigenvalue weighted by Gasteiger charge is -2.20. The number of carbonyl (C=O) groups excluding carboxylic acids is 1. The molecule has 0 amide bonds. The topological polar surface area (TPSA) is 65.0 Å². The van der Waals surface area contributed by atoms with Gasteiger partial charge in [-0.25, -0.2) is 4.79 Å². The lowest BCUT2D eigenvalue weighted by Crippen LogP contribution is -2.21. The normalized spacial score (nSPS) is 21.5. The van der Waals surface area contributed by atoms with Gasteiger partial charge in [-0.1, -0.05) is 12.1 Å². The van der Waals surface area contributed by atoms with Crippen LogP contribution in [0.1, 0.15) is 5.56 Å². The first kappa shape index (κ1) is 12.0. The van der Waals surface area contributed by atoms with E-state index in [0.29, 0.717) is 19.0 Å². The highest BCUT2D eigenvalue weighted by Crippen LogP contribution is 2.26. The summed E-state index contributed by atoms with van der Waals surface area (Å²) in [6.45, 7) is 0.595. The third-order valence-corrected chi connectivity index (χ3v) is 2.83. The summed E-state index contributed by atoms with van der Waals surface area (Å²) in [4.78, 5) is 11.1. The number of benzene rings is 1. The molecule has 0 saturated carbocycles. The Balaban J connectivity index is 1.63. The van der Waals surface area contributed by atoms with Crippen LogP contribution in [0.2, 0.25) is 0 Å². The number of esters is 1.